The predicted octanol–water partition coefficient (Wildman–Crippen LogP) is 3.40. The van der Waals surface area contributed by atoms with E-state index >= 15 is 0 Å². The zero-order valence-electron chi connectivity index (χ0n) is 9.95. The van der Waals surface area contributed by atoms with Gasteiger partial charge < -0.3 is 5.32 Å². The number of carbonyl (C=O) groups excluding carboxylic acids is 1. The summed E-state index contributed by atoms with van der Waals surface area (Å²) in [5.74, 6) is 0.0442. The van der Waals surface area contributed by atoms with Crippen molar-refractivity contribution in [2.24, 2.45) is 0 Å². The largest absolute Gasteiger partial charge is 0.351 e. The van der Waals surface area contributed by atoms with Gasteiger partial charge in [0.2, 0.25) is 0 Å². The van der Waals surface area contributed by atoms with Crippen molar-refractivity contribution in [3.8, 4) is 0 Å². The van der Waals surface area contributed by atoms with Gasteiger partial charge in [-0.05, 0) is 43.3 Å². The normalized spacial score (nSPS) is 10.5. The fraction of sp³-hybridized carbons (Fsp3) is 0.308. The molecule has 90 valence electrons. The van der Waals surface area contributed by atoms with E-state index in [4.69, 9.17) is 0 Å². The van der Waals surface area contributed by atoms with Gasteiger partial charge in [0, 0.05) is 16.3 Å². The average molecular weight is 265 g/mol. The van der Waals surface area contributed by atoms with Crippen LogP contribution >= 0.6 is 22.7 Å². The standard InChI is InChI=1S/C13H15NOS2/c1-9-8-12(17-10(9)2)13(15)14-6-5-11-4-3-7-16-11/h3-4,7-8H,5-6H2,1-2H3,(H,14,15). The summed E-state index contributed by atoms with van der Waals surface area (Å²) in [5.41, 5.74) is 1.19. The topological polar surface area (TPSA) is 29.1 Å². The Balaban J connectivity index is 1.85. The molecule has 17 heavy (non-hydrogen) atoms. The predicted molar refractivity (Wildman–Crippen MR) is 74.1 cm³/mol. The van der Waals surface area contributed by atoms with Crippen LogP contribution in [0.15, 0.2) is 23.6 Å². The van der Waals surface area contributed by atoms with Gasteiger partial charge in [0.15, 0.2) is 0 Å². The quantitative estimate of drug-likeness (QED) is 0.902. The molecule has 4 heteroatoms. The molecule has 2 rings (SSSR count). The highest BCUT2D eigenvalue weighted by Gasteiger charge is 2.09. The molecule has 0 saturated heterocycles. The fourth-order valence-corrected chi connectivity index (χ4v) is 3.19. The zero-order chi connectivity index (χ0) is 12.3. The first-order valence-corrected chi connectivity index (χ1v) is 7.24. The Kier molecular flexibility index (Phi) is 3.97. The molecule has 2 heterocycles. The number of carbonyl (C=O) groups is 1. The first kappa shape index (κ1) is 12.3. The second-order valence-electron chi connectivity index (χ2n) is 3.94. The third kappa shape index (κ3) is 3.17. The summed E-state index contributed by atoms with van der Waals surface area (Å²) in [6.45, 7) is 4.78. The van der Waals surface area contributed by atoms with Crippen LogP contribution < -0.4 is 5.32 Å². The summed E-state index contributed by atoms with van der Waals surface area (Å²) < 4.78 is 0. The van der Waals surface area contributed by atoms with E-state index in [1.807, 2.05) is 26.0 Å². The van der Waals surface area contributed by atoms with E-state index in [-0.39, 0.29) is 5.91 Å². The minimum atomic E-state index is 0.0442. The van der Waals surface area contributed by atoms with Gasteiger partial charge in [0.05, 0.1) is 4.88 Å². The van der Waals surface area contributed by atoms with Crippen LogP contribution in [0.1, 0.15) is 25.0 Å². The Hall–Kier alpha value is -1.13. The molecule has 2 nitrogen and oxygen atoms in total. The van der Waals surface area contributed by atoms with Crippen molar-refractivity contribution in [2.45, 2.75) is 20.3 Å². The van der Waals surface area contributed by atoms with Gasteiger partial charge in [-0.2, -0.15) is 0 Å². The van der Waals surface area contributed by atoms with E-state index in [1.54, 1.807) is 22.7 Å². The molecule has 0 radical (unpaired) electrons. The van der Waals surface area contributed by atoms with Gasteiger partial charge in [0.25, 0.3) is 5.91 Å². The molecule has 0 bridgehead atoms. The monoisotopic (exact) mass is 265 g/mol. The summed E-state index contributed by atoms with van der Waals surface area (Å²) in [7, 11) is 0. The van der Waals surface area contributed by atoms with Crippen LogP contribution in [-0.2, 0) is 6.42 Å². The van der Waals surface area contributed by atoms with Gasteiger partial charge in [-0.15, -0.1) is 22.7 Å². The lowest BCUT2D eigenvalue weighted by Gasteiger charge is -2.01. The van der Waals surface area contributed by atoms with Crippen molar-refractivity contribution in [3.05, 3.63) is 43.8 Å². The smallest absolute Gasteiger partial charge is 0.261 e. The lowest BCUT2D eigenvalue weighted by atomic mass is 10.3. The number of nitrogens with one attached hydrogen (secondary N) is 1. The second kappa shape index (κ2) is 5.47. The molecular formula is C13H15NOS2. The van der Waals surface area contributed by atoms with Crippen molar-refractivity contribution in [1.29, 1.82) is 0 Å². The molecule has 0 aliphatic heterocycles. The third-order valence-corrected chi connectivity index (χ3v) is 4.71. The molecule has 0 fully saturated rings. The lowest BCUT2D eigenvalue weighted by Crippen LogP contribution is -2.24. The zero-order valence-corrected chi connectivity index (χ0v) is 11.6. The Labute approximate surface area is 109 Å². The van der Waals surface area contributed by atoms with E-state index < -0.39 is 0 Å². The van der Waals surface area contributed by atoms with Crippen molar-refractivity contribution in [2.75, 3.05) is 6.54 Å². The Morgan fingerprint density at radius 3 is 2.82 bits per heavy atom. The first-order valence-electron chi connectivity index (χ1n) is 5.54. The SMILES string of the molecule is Cc1cc(C(=O)NCCc2cccs2)sc1C. The van der Waals surface area contributed by atoms with Gasteiger partial charge in [-0.25, -0.2) is 0 Å². The van der Waals surface area contributed by atoms with Gasteiger partial charge in [-0.3, -0.25) is 4.79 Å². The summed E-state index contributed by atoms with van der Waals surface area (Å²) >= 11 is 3.29. The molecule has 0 atom stereocenters. The van der Waals surface area contributed by atoms with Crippen LogP contribution in [0, 0.1) is 13.8 Å². The van der Waals surface area contributed by atoms with E-state index in [2.05, 4.69) is 16.8 Å². The molecule has 0 aliphatic rings. The Bertz CT molecular complexity index is 480. The Morgan fingerprint density at radius 2 is 2.24 bits per heavy atom. The number of rotatable bonds is 4. The molecule has 1 amide bonds. The summed E-state index contributed by atoms with van der Waals surface area (Å²) in [6.07, 6.45) is 0.909. The van der Waals surface area contributed by atoms with Crippen LogP contribution in [0.3, 0.4) is 0 Å². The number of hydrogen-bond donors (Lipinski definition) is 1. The van der Waals surface area contributed by atoms with Gasteiger partial charge in [0.1, 0.15) is 0 Å². The maximum atomic E-state index is 11.8. The van der Waals surface area contributed by atoms with Crippen LogP contribution in [-0.4, -0.2) is 12.5 Å². The van der Waals surface area contributed by atoms with Crippen LogP contribution in [0.5, 0.6) is 0 Å². The fourth-order valence-electron chi connectivity index (χ4n) is 1.53. The van der Waals surface area contributed by atoms with E-state index in [9.17, 15) is 4.79 Å². The first-order chi connectivity index (χ1) is 8.16. The molecule has 0 aliphatic carbocycles. The molecule has 0 saturated carbocycles. The van der Waals surface area contributed by atoms with Crippen molar-refractivity contribution in [1.82, 2.24) is 5.32 Å². The summed E-state index contributed by atoms with van der Waals surface area (Å²) in [5, 5.41) is 5.01. The highest BCUT2D eigenvalue weighted by atomic mass is 32.1. The van der Waals surface area contributed by atoms with Crippen molar-refractivity contribution in [3.63, 3.8) is 0 Å². The molecular weight excluding hydrogens is 250 g/mol. The van der Waals surface area contributed by atoms with Crippen molar-refractivity contribution >= 4 is 28.6 Å². The maximum Gasteiger partial charge on any atom is 0.261 e. The summed E-state index contributed by atoms with van der Waals surface area (Å²) in [6, 6.07) is 6.09. The number of hydrogen-bond acceptors (Lipinski definition) is 3. The summed E-state index contributed by atoms with van der Waals surface area (Å²) in [4.78, 5) is 15.2. The highest BCUT2D eigenvalue weighted by Crippen LogP contribution is 2.20. The number of aryl methyl sites for hydroxylation is 2. The Morgan fingerprint density at radius 1 is 1.41 bits per heavy atom. The van der Waals surface area contributed by atoms with E-state index in [0.29, 0.717) is 6.54 Å². The lowest BCUT2D eigenvalue weighted by molar-refractivity contribution is 0.0958. The minimum absolute atomic E-state index is 0.0442. The maximum absolute atomic E-state index is 11.8. The molecule has 0 unspecified atom stereocenters. The number of thiophene rings is 2. The number of amides is 1. The van der Waals surface area contributed by atoms with Crippen LogP contribution in [0.25, 0.3) is 0 Å². The molecule has 0 spiro atoms. The third-order valence-electron chi connectivity index (χ3n) is 2.63. The molecule has 2 aromatic rings. The highest BCUT2D eigenvalue weighted by molar-refractivity contribution is 7.14. The van der Waals surface area contributed by atoms with Crippen LogP contribution in [0.2, 0.25) is 0 Å². The second-order valence-corrected chi connectivity index (χ2v) is 6.22. The molecule has 0 aromatic carbocycles. The molecule has 2 aromatic heterocycles. The van der Waals surface area contributed by atoms with Gasteiger partial charge >= 0.3 is 0 Å². The van der Waals surface area contributed by atoms with Gasteiger partial charge in [-0.1, -0.05) is 6.07 Å². The average Bonchev–Trinajstić information content (AvgIpc) is 2.90. The van der Waals surface area contributed by atoms with Crippen LogP contribution in [0.4, 0.5) is 0 Å². The minimum Gasteiger partial charge on any atom is -0.351 e. The van der Waals surface area contributed by atoms with E-state index in [1.165, 1.54) is 15.3 Å². The van der Waals surface area contributed by atoms with Crippen molar-refractivity contribution < 1.29 is 4.79 Å². The molecule has 1 N–H and O–H groups in total. The van der Waals surface area contributed by atoms with E-state index in [0.717, 1.165) is 11.3 Å².